The smallest absolute Gasteiger partial charge is 0.220 e. The molecule has 0 fully saturated rings. The molecule has 1 amide bonds. The van der Waals surface area contributed by atoms with Gasteiger partial charge in [-0.1, -0.05) is 18.2 Å². The molecule has 0 radical (unpaired) electrons. The highest BCUT2D eigenvalue weighted by Crippen LogP contribution is 2.26. The molecular weight excluding hydrogens is 282 g/mol. The summed E-state index contributed by atoms with van der Waals surface area (Å²) in [7, 11) is 1.49. The molecule has 3 N–H and O–H groups in total. The van der Waals surface area contributed by atoms with Crippen molar-refractivity contribution >= 4 is 5.91 Å². The minimum Gasteiger partial charge on any atom is -0.504 e. The van der Waals surface area contributed by atoms with Crippen molar-refractivity contribution in [2.45, 2.75) is 45.3 Å². The van der Waals surface area contributed by atoms with Crippen LogP contribution in [0, 0.1) is 0 Å². The lowest BCUT2D eigenvalue weighted by Crippen LogP contribution is -2.22. The summed E-state index contributed by atoms with van der Waals surface area (Å²) in [6.07, 6.45) is 6.36. The van der Waals surface area contributed by atoms with Gasteiger partial charge in [0.05, 0.1) is 13.2 Å². The van der Waals surface area contributed by atoms with E-state index in [1.807, 2.05) is 6.08 Å². The van der Waals surface area contributed by atoms with Crippen LogP contribution in [0.2, 0.25) is 0 Å². The molecule has 0 aromatic heterocycles. The molecule has 122 valence electrons. The zero-order valence-electron chi connectivity index (χ0n) is 13.2. The average molecular weight is 307 g/mol. The van der Waals surface area contributed by atoms with Gasteiger partial charge in [-0.05, 0) is 43.9 Å². The van der Waals surface area contributed by atoms with Crippen LogP contribution in [0.15, 0.2) is 30.4 Å². The molecule has 0 aliphatic carbocycles. The van der Waals surface area contributed by atoms with Gasteiger partial charge in [0.25, 0.3) is 0 Å². The second kappa shape index (κ2) is 9.84. The number of allylic oxidation sites excluding steroid dienone is 1. The highest BCUT2D eigenvalue weighted by molar-refractivity contribution is 5.75. The molecule has 0 spiro atoms. The normalized spacial score (nSPS) is 12.3. The summed E-state index contributed by atoms with van der Waals surface area (Å²) >= 11 is 0. The van der Waals surface area contributed by atoms with Crippen molar-refractivity contribution < 1.29 is 19.7 Å². The van der Waals surface area contributed by atoms with E-state index in [0.717, 1.165) is 24.8 Å². The Bertz CT molecular complexity index is 497. The van der Waals surface area contributed by atoms with Crippen LogP contribution in [0.4, 0.5) is 0 Å². The summed E-state index contributed by atoms with van der Waals surface area (Å²) in [5.74, 6) is 0.492. The van der Waals surface area contributed by atoms with E-state index in [9.17, 15) is 9.90 Å². The molecule has 0 saturated carbocycles. The lowest BCUT2D eigenvalue weighted by atomic mass is 10.1. The Morgan fingerprint density at radius 1 is 1.41 bits per heavy atom. The van der Waals surface area contributed by atoms with Crippen LogP contribution in [0.25, 0.3) is 0 Å². The highest BCUT2D eigenvalue weighted by Gasteiger charge is 2.04. The van der Waals surface area contributed by atoms with Crippen LogP contribution in [-0.2, 0) is 11.3 Å². The Labute approximate surface area is 131 Å². The molecular formula is C17H25NO4. The van der Waals surface area contributed by atoms with Crippen molar-refractivity contribution in [1.29, 1.82) is 0 Å². The summed E-state index contributed by atoms with van der Waals surface area (Å²) in [5.41, 5.74) is 0.878. The number of hydrogen-bond acceptors (Lipinski definition) is 4. The number of aliphatic hydroxyl groups is 1. The first-order valence-electron chi connectivity index (χ1n) is 7.50. The molecule has 22 heavy (non-hydrogen) atoms. The molecule has 1 aromatic rings. The van der Waals surface area contributed by atoms with E-state index in [0.29, 0.717) is 18.7 Å². The number of carbonyl (C=O) groups excluding carboxylic acids is 1. The Morgan fingerprint density at radius 3 is 2.86 bits per heavy atom. The van der Waals surface area contributed by atoms with E-state index in [1.54, 1.807) is 31.2 Å². The first-order valence-corrected chi connectivity index (χ1v) is 7.50. The van der Waals surface area contributed by atoms with Gasteiger partial charge in [-0.15, -0.1) is 0 Å². The maximum absolute atomic E-state index is 11.7. The lowest BCUT2D eigenvalue weighted by molar-refractivity contribution is -0.121. The Morgan fingerprint density at radius 2 is 2.18 bits per heavy atom. The minimum absolute atomic E-state index is 0.00606. The van der Waals surface area contributed by atoms with Gasteiger partial charge in [-0.2, -0.15) is 0 Å². The second-order valence-electron chi connectivity index (χ2n) is 5.20. The van der Waals surface area contributed by atoms with Crippen molar-refractivity contribution in [2.75, 3.05) is 7.11 Å². The number of unbranched alkanes of at least 4 members (excludes halogenated alkanes) is 2. The molecule has 1 aromatic carbocycles. The largest absolute Gasteiger partial charge is 0.504 e. The number of rotatable bonds is 9. The van der Waals surface area contributed by atoms with Crippen molar-refractivity contribution in [1.82, 2.24) is 5.32 Å². The number of amides is 1. The fourth-order valence-corrected chi connectivity index (χ4v) is 1.96. The summed E-state index contributed by atoms with van der Waals surface area (Å²) in [4.78, 5) is 11.7. The quantitative estimate of drug-likeness (QED) is 0.484. The number of phenols is 1. The van der Waals surface area contributed by atoms with Crippen molar-refractivity contribution in [3.8, 4) is 11.5 Å². The van der Waals surface area contributed by atoms with Crippen molar-refractivity contribution in [3.05, 3.63) is 35.9 Å². The number of phenolic OH excluding ortho intramolecular Hbond substituents is 1. The number of aromatic hydroxyl groups is 1. The molecule has 0 saturated heterocycles. The van der Waals surface area contributed by atoms with Crippen LogP contribution in [0.5, 0.6) is 11.5 Å². The van der Waals surface area contributed by atoms with Crippen LogP contribution in [-0.4, -0.2) is 29.3 Å². The summed E-state index contributed by atoms with van der Waals surface area (Å²) in [6.45, 7) is 2.12. The molecule has 0 bridgehead atoms. The topological polar surface area (TPSA) is 78.8 Å². The third-order valence-electron chi connectivity index (χ3n) is 3.17. The van der Waals surface area contributed by atoms with E-state index >= 15 is 0 Å². The van der Waals surface area contributed by atoms with E-state index in [2.05, 4.69) is 5.32 Å². The second-order valence-corrected chi connectivity index (χ2v) is 5.20. The Balaban J connectivity index is 2.23. The molecule has 0 aliphatic rings. The number of hydrogen-bond donors (Lipinski definition) is 3. The average Bonchev–Trinajstić information content (AvgIpc) is 2.49. The standard InChI is InChI=1S/C17H25NO4/c1-13(19)7-5-3-4-6-8-17(21)18-12-14-9-10-15(20)16(11-14)22-2/h5,7,9-11,13,19-20H,3-4,6,8,12H2,1-2H3,(H,18,21). The Hall–Kier alpha value is -2.01. The summed E-state index contributed by atoms with van der Waals surface area (Å²) in [6, 6.07) is 5.00. The molecule has 1 unspecified atom stereocenters. The van der Waals surface area contributed by atoms with E-state index in [-0.39, 0.29) is 11.7 Å². The molecule has 5 nitrogen and oxygen atoms in total. The molecule has 1 atom stereocenters. The molecule has 0 heterocycles. The van der Waals surface area contributed by atoms with Gasteiger partial charge in [-0.3, -0.25) is 4.79 Å². The monoisotopic (exact) mass is 307 g/mol. The van der Waals surface area contributed by atoms with Gasteiger partial charge in [0.2, 0.25) is 5.91 Å². The number of nitrogens with one attached hydrogen (secondary N) is 1. The van der Waals surface area contributed by atoms with E-state index in [1.165, 1.54) is 7.11 Å². The fraction of sp³-hybridized carbons (Fsp3) is 0.471. The number of benzene rings is 1. The van der Waals surface area contributed by atoms with Gasteiger partial charge in [0.15, 0.2) is 11.5 Å². The lowest BCUT2D eigenvalue weighted by Gasteiger charge is -2.08. The van der Waals surface area contributed by atoms with Gasteiger partial charge in [-0.25, -0.2) is 0 Å². The van der Waals surface area contributed by atoms with E-state index < -0.39 is 6.10 Å². The number of carbonyl (C=O) groups is 1. The van der Waals surface area contributed by atoms with Crippen LogP contribution >= 0.6 is 0 Å². The van der Waals surface area contributed by atoms with E-state index in [4.69, 9.17) is 9.84 Å². The van der Waals surface area contributed by atoms with Crippen LogP contribution in [0.1, 0.15) is 38.2 Å². The summed E-state index contributed by atoms with van der Waals surface area (Å²) < 4.78 is 5.02. The maximum Gasteiger partial charge on any atom is 0.220 e. The highest BCUT2D eigenvalue weighted by atomic mass is 16.5. The number of aliphatic hydroxyl groups excluding tert-OH is 1. The molecule has 1 rings (SSSR count). The van der Waals surface area contributed by atoms with Crippen molar-refractivity contribution in [3.63, 3.8) is 0 Å². The molecule has 0 aliphatic heterocycles. The molecule has 5 heteroatoms. The SMILES string of the molecule is COc1cc(CNC(=O)CCCCC=CC(C)O)ccc1O. The Kier molecular flexibility index (Phi) is 8.07. The zero-order chi connectivity index (χ0) is 16.4. The van der Waals surface area contributed by atoms with Crippen LogP contribution < -0.4 is 10.1 Å². The minimum atomic E-state index is -0.411. The number of methoxy groups -OCH3 is 1. The first kappa shape index (κ1) is 18.0. The number of ether oxygens (including phenoxy) is 1. The van der Waals surface area contributed by atoms with Gasteiger partial charge < -0.3 is 20.3 Å². The summed E-state index contributed by atoms with van der Waals surface area (Å²) in [5, 5.41) is 21.4. The zero-order valence-corrected chi connectivity index (χ0v) is 13.2. The van der Waals surface area contributed by atoms with Crippen molar-refractivity contribution in [2.24, 2.45) is 0 Å². The van der Waals surface area contributed by atoms with Crippen LogP contribution in [0.3, 0.4) is 0 Å². The van der Waals surface area contributed by atoms with Gasteiger partial charge in [0.1, 0.15) is 0 Å². The predicted octanol–water partition coefficient (Wildman–Crippen LogP) is 2.51. The van der Waals surface area contributed by atoms with Gasteiger partial charge in [0, 0.05) is 13.0 Å². The first-order chi connectivity index (χ1) is 10.5. The maximum atomic E-state index is 11.7. The van der Waals surface area contributed by atoms with Gasteiger partial charge >= 0.3 is 0 Å². The predicted molar refractivity (Wildman–Crippen MR) is 85.8 cm³/mol. The fourth-order valence-electron chi connectivity index (χ4n) is 1.96. The third-order valence-corrected chi connectivity index (χ3v) is 3.17. The third kappa shape index (κ3) is 7.13.